The largest absolute Gasteiger partial charge is 0.465 e. The first-order valence-corrected chi connectivity index (χ1v) is 12.8. The van der Waals surface area contributed by atoms with Gasteiger partial charge < -0.3 is 19.6 Å². The normalized spacial score (nSPS) is 33.2. The number of esters is 1. The molecule has 0 saturated carbocycles. The molecule has 3 rings (SSSR count). The van der Waals surface area contributed by atoms with E-state index in [1.165, 1.54) is 0 Å². The molecule has 0 aliphatic carbocycles. The molecule has 2 amide bonds. The van der Waals surface area contributed by atoms with E-state index in [-0.39, 0.29) is 41.6 Å². The number of amides is 2. The molecule has 0 aromatic heterocycles. The van der Waals surface area contributed by atoms with Crippen LogP contribution in [0.3, 0.4) is 0 Å². The van der Waals surface area contributed by atoms with Crippen molar-refractivity contribution < 1.29 is 24.2 Å². The summed E-state index contributed by atoms with van der Waals surface area (Å²) in [5.74, 6) is -1.81. The third-order valence-corrected chi connectivity index (χ3v) is 9.53. The van der Waals surface area contributed by atoms with Gasteiger partial charge in [-0.1, -0.05) is 19.1 Å². The Morgan fingerprint density at radius 2 is 2.03 bits per heavy atom. The molecular formula is C25H38N2O5S. The number of aliphatic hydroxyl groups excluding tert-OH is 1. The minimum atomic E-state index is -0.733. The van der Waals surface area contributed by atoms with E-state index in [0.29, 0.717) is 19.6 Å². The number of carbonyl (C=O) groups excluding carboxylic acids is 3. The molecule has 184 valence electrons. The van der Waals surface area contributed by atoms with E-state index in [9.17, 15) is 19.5 Å². The zero-order valence-electron chi connectivity index (χ0n) is 20.2. The maximum atomic E-state index is 14.0. The molecule has 3 unspecified atom stereocenters. The molecule has 0 aromatic rings. The van der Waals surface area contributed by atoms with E-state index in [1.54, 1.807) is 40.6 Å². The molecule has 1 spiro atoms. The number of unbranched alkanes of at least 4 members (excludes halogenated alkanes) is 1. The molecule has 3 fully saturated rings. The first kappa shape index (κ1) is 25.8. The van der Waals surface area contributed by atoms with Crippen LogP contribution in [0.15, 0.2) is 25.3 Å². The molecule has 3 heterocycles. The van der Waals surface area contributed by atoms with Gasteiger partial charge in [-0.3, -0.25) is 14.4 Å². The Bertz CT molecular complexity index is 802. The zero-order chi connectivity index (χ0) is 24.5. The smallest absolute Gasteiger partial charge is 0.310 e. The lowest BCUT2D eigenvalue weighted by Gasteiger charge is -2.42. The number of nitrogens with zero attached hydrogens (tertiary/aromatic N) is 2. The van der Waals surface area contributed by atoms with Crippen LogP contribution in [0.4, 0.5) is 0 Å². The molecule has 8 heteroatoms. The minimum absolute atomic E-state index is 0.0466. The average Bonchev–Trinajstić information content (AvgIpc) is 3.37. The van der Waals surface area contributed by atoms with Crippen molar-refractivity contribution in [3.05, 3.63) is 25.3 Å². The van der Waals surface area contributed by atoms with Crippen molar-refractivity contribution in [2.24, 2.45) is 17.8 Å². The number of allylic oxidation sites excluding steroid dienone is 1. The fraction of sp³-hybridized carbons (Fsp3) is 0.720. The van der Waals surface area contributed by atoms with Crippen LogP contribution in [0, 0.1) is 17.8 Å². The first-order chi connectivity index (χ1) is 15.7. The number of hydrogen-bond acceptors (Lipinski definition) is 6. The van der Waals surface area contributed by atoms with Gasteiger partial charge in [-0.2, -0.15) is 0 Å². The monoisotopic (exact) mass is 478 g/mol. The fourth-order valence-electron chi connectivity index (χ4n) is 5.92. The number of likely N-dealkylation sites (tertiary alicyclic amines) is 1. The molecule has 0 radical (unpaired) electrons. The summed E-state index contributed by atoms with van der Waals surface area (Å²) in [5.41, 5.74) is 0. The molecule has 33 heavy (non-hydrogen) atoms. The first-order valence-electron chi connectivity index (χ1n) is 12.0. The van der Waals surface area contributed by atoms with Crippen molar-refractivity contribution in [1.29, 1.82) is 0 Å². The van der Waals surface area contributed by atoms with E-state index >= 15 is 0 Å². The van der Waals surface area contributed by atoms with Gasteiger partial charge in [-0.25, -0.2) is 0 Å². The van der Waals surface area contributed by atoms with Crippen LogP contribution in [-0.4, -0.2) is 80.6 Å². The van der Waals surface area contributed by atoms with E-state index in [2.05, 4.69) is 20.1 Å². The van der Waals surface area contributed by atoms with E-state index in [1.807, 2.05) is 13.8 Å². The molecule has 7 atom stereocenters. The number of ether oxygens (including phenoxy) is 1. The molecular weight excluding hydrogens is 440 g/mol. The van der Waals surface area contributed by atoms with Crippen LogP contribution < -0.4 is 0 Å². The van der Waals surface area contributed by atoms with Crippen LogP contribution in [-0.2, 0) is 19.1 Å². The number of aliphatic hydroxyl groups is 1. The Morgan fingerprint density at radius 1 is 1.33 bits per heavy atom. The molecule has 1 N–H and O–H groups in total. The minimum Gasteiger partial charge on any atom is -0.465 e. The number of rotatable bonds is 11. The van der Waals surface area contributed by atoms with E-state index in [4.69, 9.17) is 4.74 Å². The highest BCUT2D eigenvalue weighted by molar-refractivity contribution is 8.02. The van der Waals surface area contributed by atoms with Gasteiger partial charge in [0.25, 0.3) is 0 Å². The number of fused-ring (bicyclic) bond motifs is 1. The molecule has 3 aliphatic rings. The van der Waals surface area contributed by atoms with Crippen LogP contribution in [0.5, 0.6) is 0 Å². The van der Waals surface area contributed by atoms with E-state index < -0.39 is 28.7 Å². The van der Waals surface area contributed by atoms with E-state index in [0.717, 1.165) is 12.8 Å². The Balaban J connectivity index is 2.01. The van der Waals surface area contributed by atoms with Crippen LogP contribution in [0.2, 0.25) is 0 Å². The summed E-state index contributed by atoms with van der Waals surface area (Å²) in [6.45, 7) is 15.6. The predicted molar refractivity (Wildman–Crippen MR) is 129 cm³/mol. The maximum Gasteiger partial charge on any atom is 0.310 e. The molecule has 3 aliphatic heterocycles. The van der Waals surface area contributed by atoms with Crippen molar-refractivity contribution in [1.82, 2.24) is 9.80 Å². The zero-order valence-corrected chi connectivity index (χ0v) is 21.1. The maximum absolute atomic E-state index is 14.0. The summed E-state index contributed by atoms with van der Waals surface area (Å²) in [6.07, 6.45) is 5.68. The van der Waals surface area contributed by atoms with Crippen LogP contribution in [0.1, 0.15) is 47.0 Å². The lowest BCUT2D eigenvalue weighted by Crippen LogP contribution is -2.59. The van der Waals surface area contributed by atoms with Crippen LogP contribution >= 0.6 is 11.8 Å². The molecule has 0 aromatic carbocycles. The summed E-state index contributed by atoms with van der Waals surface area (Å²) in [4.78, 5) is 44.3. The third-order valence-electron chi connectivity index (χ3n) is 7.46. The topological polar surface area (TPSA) is 87.2 Å². The lowest BCUT2D eigenvalue weighted by molar-refractivity contribution is -0.155. The van der Waals surface area contributed by atoms with Gasteiger partial charge in [0.05, 0.1) is 35.8 Å². The van der Waals surface area contributed by atoms with Crippen molar-refractivity contribution in [2.45, 2.75) is 75.1 Å². The highest BCUT2D eigenvalue weighted by Gasteiger charge is 2.77. The Kier molecular flexibility index (Phi) is 7.99. The number of carbonyl (C=O) groups is 3. The predicted octanol–water partition coefficient (Wildman–Crippen LogP) is 2.64. The molecule has 3 saturated heterocycles. The summed E-state index contributed by atoms with van der Waals surface area (Å²) in [5, 5.41) is 9.91. The van der Waals surface area contributed by atoms with Gasteiger partial charge >= 0.3 is 5.97 Å². The summed E-state index contributed by atoms with van der Waals surface area (Å²) in [6, 6.07) is -1.33. The van der Waals surface area contributed by atoms with Crippen molar-refractivity contribution in [2.75, 3.05) is 19.8 Å². The van der Waals surface area contributed by atoms with Gasteiger partial charge in [0.15, 0.2) is 0 Å². The molecule has 7 nitrogen and oxygen atoms in total. The van der Waals surface area contributed by atoms with Gasteiger partial charge in [-0.15, -0.1) is 24.9 Å². The second-order valence-corrected chi connectivity index (χ2v) is 11.3. The fourth-order valence-corrected chi connectivity index (χ4v) is 8.31. The second-order valence-electron chi connectivity index (χ2n) is 9.80. The van der Waals surface area contributed by atoms with Crippen molar-refractivity contribution in [3.63, 3.8) is 0 Å². The molecule has 2 bridgehead atoms. The Hall–Kier alpha value is -1.80. The lowest BCUT2D eigenvalue weighted by atomic mass is 9.66. The average molecular weight is 479 g/mol. The highest BCUT2D eigenvalue weighted by Crippen LogP contribution is 2.69. The van der Waals surface area contributed by atoms with Gasteiger partial charge in [-0.05, 0) is 46.0 Å². The van der Waals surface area contributed by atoms with Gasteiger partial charge in [0.1, 0.15) is 6.04 Å². The number of hydrogen-bond donors (Lipinski definition) is 1. The Morgan fingerprint density at radius 3 is 2.61 bits per heavy atom. The van der Waals surface area contributed by atoms with Crippen LogP contribution in [0.25, 0.3) is 0 Å². The van der Waals surface area contributed by atoms with Crippen molar-refractivity contribution >= 4 is 29.5 Å². The number of thioether (sulfide) groups is 1. The summed E-state index contributed by atoms with van der Waals surface area (Å²) >= 11 is 1.62. The Labute approximate surface area is 201 Å². The highest BCUT2D eigenvalue weighted by atomic mass is 32.2. The summed E-state index contributed by atoms with van der Waals surface area (Å²) < 4.78 is 4.88. The second kappa shape index (κ2) is 10.2. The SMILES string of the molecule is C=CCCCOC(=O)[C@@H]1[C@@H]2CC(C)C3(S2)C(C(=O)N(CC=C)C(C)C)N([C@H](C)CO)C(=O)[C@H]13. The van der Waals surface area contributed by atoms with Gasteiger partial charge in [0.2, 0.25) is 11.8 Å². The third kappa shape index (κ3) is 4.14. The van der Waals surface area contributed by atoms with Gasteiger partial charge in [0, 0.05) is 17.8 Å². The standard InChI is InChI=1S/C25H38N2O5S/c1-7-9-10-12-32-24(31)19-18-13-16(5)25(33-18)20(19)22(29)27(17(6)14-28)21(25)23(30)26(11-8-2)15(3)4/h7-8,15-21,28H,1-2,9-14H2,3-6H3/t16?,17-,18+,19-,20+,21?,25?/m1/s1. The van der Waals surface area contributed by atoms with Crippen molar-refractivity contribution in [3.8, 4) is 0 Å². The quantitative estimate of drug-likeness (QED) is 0.279. The summed E-state index contributed by atoms with van der Waals surface area (Å²) in [7, 11) is 0.